The monoisotopic (exact) mass is 251 g/mol. The zero-order chi connectivity index (χ0) is 13.3. The first-order valence-electron chi connectivity index (χ1n) is 5.40. The second-order valence-corrected chi connectivity index (χ2v) is 3.60. The van der Waals surface area contributed by atoms with Crippen LogP contribution >= 0.6 is 0 Å². The average molecular weight is 251 g/mol. The molecule has 2 aromatic rings. The highest BCUT2D eigenvalue weighted by molar-refractivity contribution is 5.92. The Morgan fingerprint density at radius 1 is 1.33 bits per heavy atom. The Hall–Kier alpha value is -2.31. The van der Waals surface area contributed by atoms with Crippen molar-refractivity contribution in [1.82, 2.24) is 9.97 Å². The predicted molar refractivity (Wildman–Crippen MR) is 61.8 cm³/mol. The van der Waals surface area contributed by atoms with Crippen LogP contribution in [0.2, 0.25) is 0 Å². The number of nitrogens with zero attached hydrogens (tertiary/aromatic N) is 2. The molecule has 0 aromatic carbocycles. The van der Waals surface area contributed by atoms with Crippen LogP contribution in [0.25, 0.3) is 11.7 Å². The minimum Gasteiger partial charge on any atom is -0.461 e. The first-order valence-corrected chi connectivity index (χ1v) is 5.40. The van der Waals surface area contributed by atoms with E-state index in [1.165, 1.54) is 0 Å². The summed E-state index contributed by atoms with van der Waals surface area (Å²) in [6.07, 6.45) is 0. The smallest absolute Gasteiger partial charge is 0.362 e. The van der Waals surface area contributed by atoms with Crippen molar-refractivity contribution in [3.8, 4) is 11.7 Å². The number of carbonyl (C=O) groups is 1. The Balaban J connectivity index is 2.40. The summed E-state index contributed by atoms with van der Waals surface area (Å²) in [4.78, 5) is 19.6. The van der Waals surface area contributed by atoms with E-state index < -0.39 is 5.97 Å². The third-order valence-corrected chi connectivity index (χ3v) is 2.22. The summed E-state index contributed by atoms with van der Waals surface area (Å²) < 4.78 is 15.3. The summed E-state index contributed by atoms with van der Waals surface area (Å²) in [5.41, 5.74) is 6.13. The lowest BCUT2D eigenvalue weighted by atomic mass is 10.4. The van der Waals surface area contributed by atoms with Crippen molar-refractivity contribution in [2.45, 2.75) is 20.8 Å². The second-order valence-electron chi connectivity index (χ2n) is 3.60. The fourth-order valence-corrected chi connectivity index (χ4v) is 1.50. The molecule has 2 rings (SSSR count). The number of aryl methyl sites for hydroxylation is 2. The number of aromatic nitrogens is 2. The van der Waals surface area contributed by atoms with Gasteiger partial charge in [-0.3, -0.25) is 0 Å². The van der Waals surface area contributed by atoms with Crippen molar-refractivity contribution in [2.24, 2.45) is 0 Å². The molecule has 0 aliphatic carbocycles. The SMILES string of the molecule is CCOC(=O)c1nc(-c2oc(C)nc2C)oc1N. The van der Waals surface area contributed by atoms with Crippen molar-refractivity contribution >= 4 is 11.9 Å². The van der Waals surface area contributed by atoms with Crippen molar-refractivity contribution in [1.29, 1.82) is 0 Å². The summed E-state index contributed by atoms with van der Waals surface area (Å²) >= 11 is 0. The molecule has 0 unspecified atom stereocenters. The Kier molecular flexibility index (Phi) is 3.05. The van der Waals surface area contributed by atoms with Gasteiger partial charge in [0.1, 0.15) is 0 Å². The summed E-state index contributed by atoms with van der Waals surface area (Å²) in [6.45, 7) is 5.38. The number of hydrogen-bond acceptors (Lipinski definition) is 7. The zero-order valence-electron chi connectivity index (χ0n) is 10.3. The van der Waals surface area contributed by atoms with Crippen LogP contribution in [-0.2, 0) is 4.74 Å². The summed E-state index contributed by atoms with van der Waals surface area (Å²) in [5, 5.41) is 0. The number of esters is 1. The number of carbonyl (C=O) groups excluding carboxylic acids is 1. The lowest BCUT2D eigenvalue weighted by Gasteiger charge is -1.96. The molecule has 0 radical (unpaired) electrons. The van der Waals surface area contributed by atoms with Gasteiger partial charge in [0, 0.05) is 6.92 Å². The molecule has 2 aromatic heterocycles. The standard InChI is InChI=1S/C11H13N3O4/c1-4-16-11(15)7-9(12)18-10(14-7)8-5(2)13-6(3)17-8/h4,12H2,1-3H3. The van der Waals surface area contributed by atoms with E-state index in [2.05, 4.69) is 9.97 Å². The van der Waals surface area contributed by atoms with Crippen LogP contribution in [0.15, 0.2) is 8.83 Å². The van der Waals surface area contributed by atoms with Gasteiger partial charge in [-0.05, 0) is 13.8 Å². The van der Waals surface area contributed by atoms with Crippen molar-refractivity contribution in [2.75, 3.05) is 12.3 Å². The minimum absolute atomic E-state index is 0.0553. The third-order valence-electron chi connectivity index (χ3n) is 2.22. The maximum atomic E-state index is 11.5. The van der Waals surface area contributed by atoms with Gasteiger partial charge in [0.25, 0.3) is 5.89 Å². The molecule has 0 fully saturated rings. The topological polar surface area (TPSA) is 104 Å². The van der Waals surface area contributed by atoms with Gasteiger partial charge in [-0.2, -0.15) is 4.98 Å². The maximum Gasteiger partial charge on any atom is 0.362 e. The van der Waals surface area contributed by atoms with Crippen molar-refractivity contribution in [3.63, 3.8) is 0 Å². The second kappa shape index (κ2) is 4.52. The molecule has 0 atom stereocenters. The Bertz CT molecular complexity index is 585. The summed E-state index contributed by atoms with van der Waals surface area (Å²) in [6, 6.07) is 0. The van der Waals surface area contributed by atoms with Gasteiger partial charge >= 0.3 is 5.97 Å². The average Bonchev–Trinajstić information content (AvgIpc) is 2.82. The molecular weight excluding hydrogens is 238 g/mol. The zero-order valence-corrected chi connectivity index (χ0v) is 10.3. The molecule has 2 heterocycles. The molecule has 0 aliphatic rings. The first kappa shape index (κ1) is 12.2. The molecule has 7 nitrogen and oxygen atoms in total. The normalized spacial score (nSPS) is 10.6. The summed E-state index contributed by atoms with van der Waals surface area (Å²) in [7, 11) is 0. The van der Waals surface area contributed by atoms with Crippen molar-refractivity contribution in [3.05, 3.63) is 17.3 Å². The van der Waals surface area contributed by atoms with E-state index >= 15 is 0 Å². The molecule has 96 valence electrons. The van der Waals surface area contributed by atoms with Crippen LogP contribution < -0.4 is 5.73 Å². The molecule has 0 spiro atoms. The molecule has 2 N–H and O–H groups in total. The van der Waals surface area contributed by atoms with Gasteiger partial charge in [-0.1, -0.05) is 0 Å². The first-order chi connectivity index (χ1) is 8.52. The van der Waals surface area contributed by atoms with E-state index in [4.69, 9.17) is 19.3 Å². The lowest BCUT2D eigenvalue weighted by Crippen LogP contribution is -2.07. The highest BCUT2D eigenvalue weighted by Crippen LogP contribution is 2.27. The number of oxazole rings is 2. The maximum absolute atomic E-state index is 11.5. The molecule has 0 saturated carbocycles. The van der Waals surface area contributed by atoms with Gasteiger partial charge < -0.3 is 19.3 Å². The van der Waals surface area contributed by atoms with Gasteiger partial charge in [0.15, 0.2) is 5.89 Å². The number of ether oxygens (including phenoxy) is 1. The van der Waals surface area contributed by atoms with Crippen molar-refractivity contribution < 1.29 is 18.4 Å². The van der Waals surface area contributed by atoms with Crippen LogP contribution in [0.4, 0.5) is 5.88 Å². The predicted octanol–water partition coefficient (Wildman–Crippen LogP) is 1.71. The van der Waals surface area contributed by atoms with Gasteiger partial charge in [0.05, 0.1) is 12.3 Å². The van der Waals surface area contributed by atoms with Crippen LogP contribution in [0.3, 0.4) is 0 Å². The minimum atomic E-state index is -0.626. The largest absolute Gasteiger partial charge is 0.461 e. The number of nitrogens with two attached hydrogens (primary N) is 1. The fourth-order valence-electron chi connectivity index (χ4n) is 1.50. The van der Waals surface area contributed by atoms with Gasteiger partial charge in [-0.25, -0.2) is 9.78 Å². The van der Waals surface area contributed by atoms with Gasteiger partial charge in [0.2, 0.25) is 17.3 Å². The molecule has 0 amide bonds. The van der Waals surface area contributed by atoms with Crippen LogP contribution in [0.5, 0.6) is 0 Å². The van der Waals surface area contributed by atoms with E-state index in [1.807, 2.05) is 0 Å². The van der Waals surface area contributed by atoms with E-state index in [0.29, 0.717) is 17.3 Å². The third kappa shape index (κ3) is 2.06. The fraction of sp³-hybridized carbons (Fsp3) is 0.364. The molecule has 18 heavy (non-hydrogen) atoms. The molecule has 7 heteroatoms. The lowest BCUT2D eigenvalue weighted by molar-refractivity contribution is 0.0521. The Morgan fingerprint density at radius 3 is 2.61 bits per heavy atom. The summed E-state index contributed by atoms with van der Waals surface area (Å²) in [5.74, 6) is 0.233. The van der Waals surface area contributed by atoms with Crippen LogP contribution in [-0.4, -0.2) is 22.5 Å². The number of hydrogen-bond donors (Lipinski definition) is 1. The van der Waals surface area contributed by atoms with Crippen LogP contribution in [0.1, 0.15) is 29.0 Å². The number of rotatable bonds is 3. The van der Waals surface area contributed by atoms with E-state index in [1.54, 1.807) is 20.8 Å². The molecule has 0 bridgehead atoms. The van der Waals surface area contributed by atoms with E-state index in [0.717, 1.165) is 0 Å². The molecule has 0 saturated heterocycles. The number of anilines is 1. The Morgan fingerprint density at radius 2 is 2.06 bits per heavy atom. The highest BCUT2D eigenvalue weighted by Gasteiger charge is 2.23. The Labute approximate surface area is 103 Å². The molecular formula is C11H13N3O4. The quantitative estimate of drug-likeness (QED) is 0.827. The van der Waals surface area contributed by atoms with E-state index in [-0.39, 0.29) is 24.1 Å². The van der Waals surface area contributed by atoms with Gasteiger partial charge in [-0.15, -0.1) is 0 Å². The number of nitrogen functional groups attached to an aromatic ring is 1. The highest BCUT2D eigenvalue weighted by atomic mass is 16.5. The van der Waals surface area contributed by atoms with Crippen LogP contribution in [0, 0.1) is 13.8 Å². The molecule has 0 aliphatic heterocycles. The van der Waals surface area contributed by atoms with E-state index in [9.17, 15) is 4.79 Å².